The summed E-state index contributed by atoms with van der Waals surface area (Å²) in [7, 11) is 0. The van der Waals surface area contributed by atoms with Gasteiger partial charge in [-0.3, -0.25) is 0 Å². The third-order valence-corrected chi connectivity index (χ3v) is 11.9. The highest BCUT2D eigenvalue weighted by molar-refractivity contribution is 7.26. The van der Waals surface area contributed by atoms with E-state index in [9.17, 15) is 0 Å². The van der Waals surface area contributed by atoms with Crippen LogP contribution in [0.5, 0.6) is 0 Å². The molecule has 0 radical (unpaired) electrons. The molecule has 0 fully saturated rings. The largest absolute Gasteiger partial charge is 0.472 e. The van der Waals surface area contributed by atoms with Gasteiger partial charge in [0.1, 0.15) is 0 Å². The molecule has 0 spiro atoms. The molecule has 0 saturated heterocycles. The first-order chi connectivity index (χ1) is 25.8. The molecule has 1 nitrogen and oxygen atoms in total. The lowest BCUT2D eigenvalue weighted by Gasteiger charge is -2.19. The van der Waals surface area contributed by atoms with Crippen LogP contribution in [0.1, 0.15) is 0 Å². The molecule has 0 atom stereocenters. The second-order valence-electron chi connectivity index (χ2n) is 13.5. The summed E-state index contributed by atoms with van der Waals surface area (Å²) in [5, 5.41) is 12.6. The van der Waals surface area contributed by atoms with E-state index in [2.05, 4.69) is 170 Å². The molecule has 0 bridgehead atoms. The quantitative estimate of drug-likeness (QED) is 0.169. The van der Waals surface area contributed by atoms with E-state index in [1.165, 1.54) is 102 Å². The Morgan fingerprint density at radius 2 is 0.692 bits per heavy atom. The Morgan fingerprint density at radius 1 is 0.308 bits per heavy atom. The van der Waals surface area contributed by atoms with Crippen LogP contribution in [-0.4, -0.2) is 0 Å². The van der Waals surface area contributed by atoms with Gasteiger partial charge in [0.2, 0.25) is 0 Å². The number of fused-ring (bicyclic) bond motifs is 7. The summed E-state index contributed by atoms with van der Waals surface area (Å²) in [4.78, 5) is 0. The lowest BCUT2D eigenvalue weighted by Crippen LogP contribution is -1.92. The van der Waals surface area contributed by atoms with E-state index < -0.39 is 0 Å². The Morgan fingerprint density at radius 3 is 1.10 bits per heavy atom. The molecular formula is C50H30OS. The van der Waals surface area contributed by atoms with Gasteiger partial charge in [0, 0.05) is 31.3 Å². The van der Waals surface area contributed by atoms with Gasteiger partial charge in [-0.15, -0.1) is 11.3 Å². The van der Waals surface area contributed by atoms with Crippen LogP contribution in [-0.2, 0) is 0 Å². The average molecular weight is 679 g/mol. The maximum absolute atomic E-state index is 5.63. The molecule has 2 heteroatoms. The van der Waals surface area contributed by atoms with Gasteiger partial charge in [-0.1, -0.05) is 152 Å². The summed E-state index contributed by atoms with van der Waals surface area (Å²) >= 11 is 1.89. The van der Waals surface area contributed by atoms with Crippen molar-refractivity contribution in [2.75, 3.05) is 0 Å². The van der Waals surface area contributed by atoms with Crippen molar-refractivity contribution in [3.05, 3.63) is 182 Å². The summed E-state index contributed by atoms with van der Waals surface area (Å²) in [6.07, 6.45) is 3.64. The third kappa shape index (κ3) is 4.22. The molecule has 11 aromatic rings. The van der Waals surface area contributed by atoms with Crippen molar-refractivity contribution < 1.29 is 4.42 Å². The molecule has 2 aromatic heterocycles. The van der Waals surface area contributed by atoms with Crippen molar-refractivity contribution >= 4 is 74.6 Å². The molecule has 0 saturated carbocycles. The van der Waals surface area contributed by atoms with E-state index in [1.807, 2.05) is 17.6 Å². The molecule has 2 heterocycles. The lowest BCUT2D eigenvalue weighted by molar-refractivity contribution is 0.568. The van der Waals surface area contributed by atoms with E-state index in [0.717, 1.165) is 5.56 Å². The van der Waals surface area contributed by atoms with Gasteiger partial charge in [0.25, 0.3) is 0 Å². The monoisotopic (exact) mass is 678 g/mol. The summed E-state index contributed by atoms with van der Waals surface area (Å²) in [5.74, 6) is 0. The van der Waals surface area contributed by atoms with Gasteiger partial charge in [-0.2, -0.15) is 0 Å². The van der Waals surface area contributed by atoms with Crippen molar-refractivity contribution in [1.82, 2.24) is 0 Å². The molecule has 0 aliphatic carbocycles. The standard InChI is InChI=1S/C50H30OS/c1-2-14-31(15-3-1)45-33-16-4-8-20-37(33)47(38-21-9-5-17-34(38)45)41-24-12-26-43-49(41)50-42(25-13-27-44(50)52-43)48-39-22-10-6-18-35(39)46(32-28-29-51-30-32)36-19-7-11-23-40(36)48/h1-30H. The Kier molecular flexibility index (Phi) is 6.49. The Balaban J connectivity index is 1.30. The Hall–Kier alpha value is -6.48. The van der Waals surface area contributed by atoms with Gasteiger partial charge < -0.3 is 4.42 Å². The van der Waals surface area contributed by atoms with E-state index in [-0.39, 0.29) is 0 Å². The van der Waals surface area contributed by atoms with Crippen LogP contribution in [0.3, 0.4) is 0 Å². The molecule has 0 aliphatic heterocycles. The van der Waals surface area contributed by atoms with Crippen molar-refractivity contribution in [2.24, 2.45) is 0 Å². The summed E-state index contributed by atoms with van der Waals surface area (Å²) in [5.41, 5.74) is 9.92. The van der Waals surface area contributed by atoms with Crippen LogP contribution >= 0.6 is 11.3 Å². The maximum atomic E-state index is 5.63. The van der Waals surface area contributed by atoms with E-state index in [4.69, 9.17) is 4.42 Å². The fourth-order valence-corrected chi connectivity index (χ4v) is 9.91. The zero-order valence-electron chi connectivity index (χ0n) is 28.1. The number of rotatable bonds is 4. The van der Waals surface area contributed by atoms with E-state index in [1.54, 1.807) is 6.26 Å². The topological polar surface area (TPSA) is 13.1 Å². The number of hydrogen-bond acceptors (Lipinski definition) is 2. The zero-order chi connectivity index (χ0) is 34.2. The van der Waals surface area contributed by atoms with Gasteiger partial charge in [0.15, 0.2) is 0 Å². The SMILES string of the molecule is c1ccc(-c2c3ccccc3c(-c3cccc4sc5cccc(-c6c7ccccc7c(-c7ccoc7)c7ccccc67)c5c34)c3ccccc23)cc1. The molecular weight excluding hydrogens is 649 g/mol. The van der Waals surface area contributed by atoms with Crippen molar-refractivity contribution in [1.29, 1.82) is 0 Å². The first-order valence-electron chi connectivity index (χ1n) is 17.7. The second-order valence-corrected chi connectivity index (χ2v) is 14.6. The van der Waals surface area contributed by atoms with E-state index in [0.29, 0.717) is 0 Å². The van der Waals surface area contributed by atoms with Crippen molar-refractivity contribution in [2.45, 2.75) is 0 Å². The first-order valence-corrected chi connectivity index (χ1v) is 18.6. The van der Waals surface area contributed by atoms with Crippen LogP contribution in [0.2, 0.25) is 0 Å². The van der Waals surface area contributed by atoms with Gasteiger partial charge >= 0.3 is 0 Å². The number of furan rings is 1. The minimum Gasteiger partial charge on any atom is -0.472 e. The highest BCUT2D eigenvalue weighted by Crippen LogP contribution is 2.51. The van der Waals surface area contributed by atoms with Gasteiger partial charge in [-0.25, -0.2) is 0 Å². The molecule has 9 aromatic carbocycles. The van der Waals surface area contributed by atoms with Gasteiger partial charge in [-0.05, 0) is 94.7 Å². The predicted molar refractivity (Wildman–Crippen MR) is 223 cm³/mol. The van der Waals surface area contributed by atoms with E-state index >= 15 is 0 Å². The van der Waals surface area contributed by atoms with Crippen LogP contribution in [0.25, 0.3) is 108 Å². The summed E-state index contributed by atoms with van der Waals surface area (Å²) in [6, 6.07) is 62.4. The van der Waals surface area contributed by atoms with Crippen LogP contribution < -0.4 is 0 Å². The summed E-state index contributed by atoms with van der Waals surface area (Å²) < 4.78 is 8.22. The maximum Gasteiger partial charge on any atom is 0.0981 e. The Labute approximate surface area is 304 Å². The molecule has 52 heavy (non-hydrogen) atoms. The number of thiophene rings is 1. The van der Waals surface area contributed by atoms with Crippen LogP contribution in [0.15, 0.2) is 187 Å². The minimum absolute atomic E-state index is 1.10. The van der Waals surface area contributed by atoms with Gasteiger partial charge in [0.05, 0.1) is 12.5 Å². The van der Waals surface area contributed by atoms with Crippen molar-refractivity contribution in [3.63, 3.8) is 0 Å². The zero-order valence-corrected chi connectivity index (χ0v) is 29.0. The van der Waals surface area contributed by atoms with Crippen LogP contribution in [0, 0.1) is 0 Å². The molecule has 242 valence electrons. The number of benzene rings is 9. The highest BCUT2D eigenvalue weighted by atomic mass is 32.1. The average Bonchev–Trinajstić information content (AvgIpc) is 3.88. The third-order valence-electron chi connectivity index (χ3n) is 10.8. The van der Waals surface area contributed by atoms with Crippen LogP contribution in [0.4, 0.5) is 0 Å². The first kappa shape index (κ1) is 29.3. The fraction of sp³-hybridized carbons (Fsp3) is 0. The smallest absolute Gasteiger partial charge is 0.0981 e. The highest BCUT2D eigenvalue weighted by Gasteiger charge is 2.23. The fourth-order valence-electron chi connectivity index (χ4n) is 8.75. The lowest BCUT2D eigenvalue weighted by atomic mass is 9.83. The molecule has 0 aliphatic rings. The predicted octanol–water partition coefficient (Wildman–Crippen LogP) is 14.9. The number of hydrogen-bond donors (Lipinski definition) is 0. The normalized spacial score (nSPS) is 11.8. The minimum atomic E-state index is 1.10. The molecule has 0 unspecified atom stereocenters. The Bertz CT molecular complexity index is 3050. The molecule has 0 amide bonds. The molecule has 0 N–H and O–H groups in total. The van der Waals surface area contributed by atoms with Crippen molar-refractivity contribution in [3.8, 4) is 44.5 Å². The molecule has 11 rings (SSSR count). The second kappa shape index (κ2) is 11.5. The summed E-state index contributed by atoms with van der Waals surface area (Å²) in [6.45, 7) is 0.